The first-order valence-electron chi connectivity index (χ1n) is 2.20. The number of rotatable bonds is 3. The summed E-state index contributed by atoms with van der Waals surface area (Å²) in [6.45, 7) is 1.47. The van der Waals surface area contributed by atoms with Crippen LogP contribution in [-0.4, -0.2) is 22.8 Å². The van der Waals surface area contributed by atoms with E-state index in [0.29, 0.717) is 0 Å². The predicted octanol–water partition coefficient (Wildman–Crippen LogP) is 1.14. The Labute approximate surface area is 58.3 Å². The van der Waals surface area contributed by atoms with Gasteiger partial charge in [0.05, 0.1) is 5.88 Å². The monoisotopic (exact) mass is 158 g/mol. The van der Waals surface area contributed by atoms with Gasteiger partial charge in [-0.1, -0.05) is 11.6 Å². The van der Waals surface area contributed by atoms with Crippen LogP contribution in [0, 0.1) is 0 Å². The van der Waals surface area contributed by atoms with Crippen molar-refractivity contribution in [1.82, 2.24) is 0 Å². The standard InChI is InChI=1S/C4H8Cl2O2/c1-3(7)8-4(6)2-5/h3-4,7H,2H2,1H3. The van der Waals surface area contributed by atoms with E-state index >= 15 is 0 Å². The van der Waals surface area contributed by atoms with E-state index in [2.05, 4.69) is 4.74 Å². The first kappa shape index (κ1) is 8.50. The Morgan fingerprint density at radius 2 is 2.25 bits per heavy atom. The summed E-state index contributed by atoms with van der Waals surface area (Å²) >= 11 is 10.6. The van der Waals surface area contributed by atoms with Crippen LogP contribution in [0.5, 0.6) is 0 Å². The molecule has 0 aromatic heterocycles. The van der Waals surface area contributed by atoms with Gasteiger partial charge < -0.3 is 9.84 Å². The highest BCUT2D eigenvalue weighted by molar-refractivity contribution is 6.27. The molecule has 0 aromatic rings. The van der Waals surface area contributed by atoms with Crippen LogP contribution in [-0.2, 0) is 4.74 Å². The number of halogens is 2. The number of aliphatic hydroxyl groups is 1. The van der Waals surface area contributed by atoms with Crippen LogP contribution in [0.1, 0.15) is 6.92 Å². The smallest absolute Gasteiger partial charge is 0.153 e. The normalized spacial score (nSPS) is 18.0. The van der Waals surface area contributed by atoms with Crippen molar-refractivity contribution < 1.29 is 9.84 Å². The second kappa shape index (κ2) is 4.39. The molecule has 0 amide bonds. The zero-order chi connectivity index (χ0) is 6.57. The summed E-state index contributed by atoms with van der Waals surface area (Å²) in [6, 6.07) is 0. The van der Waals surface area contributed by atoms with Crippen LogP contribution in [0.4, 0.5) is 0 Å². The number of hydrogen-bond donors (Lipinski definition) is 1. The Hall–Kier alpha value is 0.500. The lowest BCUT2D eigenvalue weighted by molar-refractivity contribution is -0.0926. The first-order chi connectivity index (χ1) is 3.66. The van der Waals surface area contributed by atoms with Crippen molar-refractivity contribution in [2.75, 3.05) is 5.88 Å². The van der Waals surface area contributed by atoms with Crippen LogP contribution >= 0.6 is 23.2 Å². The molecule has 0 saturated heterocycles. The highest BCUT2D eigenvalue weighted by Crippen LogP contribution is 2.02. The predicted molar refractivity (Wildman–Crippen MR) is 33.1 cm³/mol. The number of aliphatic hydroxyl groups excluding tert-OH is 1. The Bertz CT molecular complexity index is 58.0. The molecule has 50 valence electrons. The summed E-state index contributed by atoms with van der Waals surface area (Å²) in [6.07, 6.45) is -0.837. The van der Waals surface area contributed by atoms with E-state index in [1.54, 1.807) is 0 Å². The average molecular weight is 159 g/mol. The van der Waals surface area contributed by atoms with E-state index < -0.39 is 11.9 Å². The van der Waals surface area contributed by atoms with Crippen molar-refractivity contribution in [1.29, 1.82) is 0 Å². The fourth-order valence-electron chi connectivity index (χ4n) is 0.250. The molecule has 2 unspecified atom stereocenters. The minimum Gasteiger partial charge on any atom is -0.368 e. The summed E-state index contributed by atoms with van der Waals surface area (Å²) in [5.74, 6) is 0.187. The maximum absolute atomic E-state index is 8.49. The Kier molecular flexibility index (Phi) is 4.66. The van der Waals surface area contributed by atoms with Crippen LogP contribution in [0.15, 0.2) is 0 Å². The largest absolute Gasteiger partial charge is 0.368 e. The summed E-state index contributed by atoms with van der Waals surface area (Å²) in [5, 5.41) is 8.49. The van der Waals surface area contributed by atoms with Crippen molar-refractivity contribution in [3.63, 3.8) is 0 Å². The van der Waals surface area contributed by atoms with Crippen LogP contribution in [0.3, 0.4) is 0 Å². The molecule has 0 radical (unpaired) electrons. The Morgan fingerprint density at radius 1 is 1.75 bits per heavy atom. The minimum atomic E-state index is -0.837. The third kappa shape index (κ3) is 4.65. The van der Waals surface area contributed by atoms with Crippen molar-refractivity contribution >= 4 is 23.2 Å². The maximum atomic E-state index is 8.49. The molecular formula is C4H8Cl2O2. The topological polar surface area (TPSA) is 29.5 Å². The molecule has 0 aromatic carbocycles. The van der Waals surface area contributed by atoms with Gasteiger partial charge in [-0.05, 0) is 6.92 Å². The van der Waals surface area contributed by atoms with Crippen molar-refractivity contribution in [2.45, 2.75) is 18.8 Å². The Balaban J connectivity index is 3.10. The zero-order valence-corrected chi connectivity index (χ0v) is 5.99. The van der Waals surface area contributed by atoms with E-state index in [1.165, 1.54) is 6.92 Å². The van der Waals surface area contributed by atoms with Crippen LogP contribution < -0.4 is 0 Å². The SMILES string of the molecule is CC(O)OC(Cl)CCl. The number of ether oxygens (including phenoxy) is 1. The minimum absolute atomic E-state index is 0.187. The van der Waals surface area contributed by atoms with E-state index in [1.807, 2.05) is 0 Å². The van der Waals surface area contributed by atoms with Crippen LogP contribution in [0.25, 0.3) is 0 Å². The number of alkyl halides is 2. The van der Waals surface area contributed by atoms with Gasteiger partial charge in [-0.15, -0.1) is 11.6 Å². The molecule has 0 saturated carbocycles. The molecule has 0 aliphatic heterocycles. The Morgan fingerprint density at radius 3 is 2.38 bits per heavy atom. The zero-order valence-electron chi connectivity index (χ0n) is 4.47. The van der Waals surface area contributed by atoms with Gasteiger partial charge in [0.2, 0.25) is 0 Å². The molecule has 0 heterocycles. The third-order valence-electron chi connectivity index (χ3n) is 0.466. The molecule has 0 bridgehead atoms. The van der Waals surface area contributed by atoms with E-state index in [0.717, 1.165) is 0 Å². The molecule has 2 nitrogen and oxygen atoms in total. The highest BCUT2D eigenvalue weighted by Gasteiger charge is 2.04. The van der Waals surface area contributed by atoms with Gasteiger partial charge in [-0.25, -0.2) is 0 Å². The van der Waals surface area contributed by atoms with Gasteiger partial charge in [0.25, 0.3) is 0 Å². The average Bonchev–Trinajstić information content (AvgIpc) is 1.65. The molecular weight excluding hydrogens is 151 g/mol. The molecule has 2 atom stereocenters. The quantitative estimate of drug-likeness (QED) is 0.494. The molecule has 0 fully saturated rings. The van der Waals surface area contributed by atoms with E-state index in [4.69, 9.17) is 28.3 Å². The van der Waals surface area contributed by atoms with Gasteiger partial charge in [0, 0.05) is 0 Å². The third-order valence-corrected chi connectivity index (χ3v) is 1.16. The van der Waals surface area contributed by atoms with Gasteiger partial charge in [0.15, 0.2) is 6.29 Å². The van der Waals surface area contributed by atoms with Crippen molar-refractivity contribution in [3.8, 4) is 0 Å². The molecule has 0 aliphatic carbocycles. The molecule has 0 spiro atoms. The lowest BCUT2D eigenvalue weighted by Gasteiger charge is -2.08. The first-order valence-corrected chi connectivity index (χ1v) is 3.17. The number of hydrogen-bond acceptors (Lipinski definition) is 2. The van der Waals surface area contributed by atoms with E-state index in [-0.39, 0.29) is 5.88 Å². The van der Waals surface area contributed by atoms with Gasteiger partial charge in [0.1, 0.15) is 5.56 Å². The fraction of sp³-hybridized carbons (Fsp3) is 1.00. The molecule has 0 aliphatic rings. The lowest BCUT2D eigenvalue weighted by atomic mass is 10.7. The van der Waals surface area contributed by atoms with Gasteiger partial charge in [-0.2, -0.15) is 0 Å². The van der Waals surface area contributed by atoms with Crippen LogP contribution in [0.2, 0.25) is 0 Å². The second-order valence-corrected chi connectivity index (χ2v) is 2.10. The molecule has 4 heteroatoms. The van der Waals surface area contributed by atoms with Gasteiger partial charge >= 0.3 is 0 Å². The molecule has 1 N–H and O–H groups in total. The summed E-state index contributed by atoms with van der Waals surface area (Å²) in [7, 11) is 0. The second-order valence-electron chi connectivity index (χ2n) is 1.30. The highest BCUT2D eigenvalue weighted by atomic mass is 35.5. The van der Waals surface area contributed by atoms with Crippen molar-refractivity contribution in [2.24, 2.45) is 0 Å². The molecule has 8 heavy (non-hydrogen) atoms. The van der Waals surface area contributed by atoms with E-state index in [9.17, 15) is 0 Å². The van der Waals surface area contributed by atoms with Gasteiger partial charge in [-0.3, -0.25) is 0 Å². The maximum Gasteiger partial charge on any atom is 0.153 e. The fourth-order valence-corrected chi connectivity index (χ4v) is 0.472. The summed E-state index contributed by atoms with van der Waals surface area (Å²) in [5.41, 5.74) is -0.586. The van der Waals surface area contributed by atoms with Crippen molar-refractivity contribution in [3.05, 3.63) is 0 Å². The summed E-state index contributed by atoms with van der Waals surface area (Å²) < 4.78 is 4.59. The summed E-state index contributed by atoms with van der Waals surface area (Å²) in [4.78, 5) is 0. The lowest BCUT2D eigenvalue weighted by Crippen LogP contribution is -2.14. The molecule has 0 rings (SSSR count).